The second kappa shape index (κ2) is 8.48. The van der Waals surface area contributed by atoms with Crippen molar-refractivity contribution in [2.75, 3.05) is 18.2 Å². The fourth-order valence-corrected chi connectivity index (χ4v) is 2.94. The molecule has 2 aromatic carbocycles. The van der Waals surface area contributed by atoms with Crippen LogP contribution in [0, 0.1) is 6.92 Å². The number of carbonyl (C=O) groups is 1. The molecule has 134 valence electrons. The first kappa shape index (κ1) is 17.9. The number of methoxy groups -OCH3 is 1. The van der Waals surface area contributed by atoms with Crippen molar-refractivity contribution in [1.82, 2.24) is 20.2 Å². The molecule has 1 heterocycles. The Hall–Kier alpha value is -2.87. The van der Waals surface area contributed by atoms with E-state index in [4.69, 9.17) is 4.74 Å². The minimum absolute atomic E-state index is 0.0992. The Bertz CT molecular complexity index is 862. The molecule has 0 fully saturated rings. The predicted octanol–water partition coefficient (Wildman–Crippen LogP) is 2.77. The van der Waals surface area contributed by atoms with Crippen LogP contribution in [0.5, 0.6) is 5.75 Å². The Balaban J connectivity index is 1.56. The lowest BCUT2D eigenvalue weighted by atomic mass is 10.2. The molecule has 3 aromatic rings. The summed E-state index contributed by atoms with van der Waals surface area (Å²) in [4.78, 5) is 12.1. The fourth-order valence-electron chi connectivity index (χ4n) is 2.27. The Morgan fingerprint density at radius 2 is 1.88 bits per heavy atom. The molecule has 0 aliphatic carbocycles. The molecular formula is C18H19N5O2S. The van der Waals surface area contributed by atoms with E-state index in [0.717, 1.165) is 22.6 Å². The van der Waals surface area contributed by atoms with Crippen LogP contribution in [0.15, 0.2) is 53.7 Å². The number of tetrazole rings is 1. The number of benzene rings is 2. The van der Waals surface area contributed by atoms with Gasteiger partial charge in [-0.3, -0.25) is 4.79 Å². The van der Waals surface area contributed by atoms with Gasteiger partial charge in [0.2, 0.25) is 11.1 Å². The smallest absolute Gasteiger partial charge is 0.234 e. The standard InChI is InChI=1S/C18H19N5O2S/c1-13-3-7-15(8-4-13)19-17(24)12-26-18-20-21-22-23(18)11-14-5-9-16(25-2)10-6-14/h3-10H,11-12H2,1-2H3,(H,19,24). The first-order valence-electron chi connectivity index (χ1n) is 8.02. The number of rotatable bonds is 7. The molecule has 26 heavy (non-hydrogen) atoms. The summed E-state index contributed by atoms with van der Waals surface area (Å²) in [5, 5.41) is 15.2. The van der Waals surface area contributed by atoms with E-state index in [-0.39, 0.29) is 11.7 Å². The van der Waals surface area contributed by atoms with Gasteiger partial charge in [0.1, 0.15) is 5.75 Å². The summed E-state index contributed by atoms with van der Waals surface area (Å²) in [6, 6.07) is 15.4. The average molecular weight is 369 g/mol. The number of ether oxygens (including phenoxy) is 1. The largest absolute Gasteiger partial charge is 0.497 e. The summed E-state index contributed by atoms with van der Waals surface area (Å²) >= 11 is 1.30. The highest BCUT2D eigenvalue weighted by atomic mass is 32.2. The molecule has 1 amide bonds. The lowest BCUT2D eigenvalue weighted by molar-refractivity contribution is -0.113. The summed E-state index contributed by atoms with van der Waals surface area (Å²) in [5.74, 6) is 0.933. The molecule has 3 rings (SSSR count). The van der Waals surface area contributed by atoms with E-state index in [1.54, 1.807) is 11.8 Å². The van der Waals surface area contributed by atoms with E-state index in [9.17, 15) is 4.79 Å². The maximum atomic E-state index is 12.1. The Labute approximate surface area is 155 Å². The maximum absolute atomic E-state index is 12.1. The number of aromatic nitrogens is 4. The van der Waals surface area contributed by atoms with Gasteiger partial charge in [-0.05, 0) is 47.2 Å². The number of amides is 1. The van der Waals surface area contributed by atoms with Crippen molar-refractivity contribution in [2.45, 2.75) is 18.6 Å². The van der Waals surface area contributed by atoms with Crippen molar-refractivity contribution in [3.63, 3.8) is 0 Å². The van der Waals surface area contributed by atoms with Gasteiger partial charge in [0.05, 0.1) is 19.4 Å². The molecule has 0 saturated carbocycles. The van der Waals surface area contributed by atoms with Gasteiger partial charge in [-0.2, -0.15) is 0 Å². The number of aryl methyl sites for hydroxylation is 1. The van der Waals surface area contributed by atoms with Crippen LogP contribution < -0.4 is 10.1 Å². The lowest BCUT2D eigenvalue weighted by Gasteiger charge is -2.07. The number of carbonyl (C=O) groups excluding carboxylic acids is 1. The summed E-state index contributed by atoms with van der Waals surface area (Å²) < 4.78 is 6.82. The Kier molecular flexibility index (Phi) is 5.85. The highest BCUT2D eigenvalue weighted by Crippen LogP contribution is 2.17. The zero-order chi connectivity index (χ0) is 18.4. The van der Waals surface area contributed by atoms with Gasteiger partial charge in [0.25, 0.3) is 0 Å². The number of anilines is 1. The molecule has 0 unspecified atom stereocenters. The SMILES string of the molecule is COc1ccc(Cn2nnnc2SCC(=O)Nc2ccc(C)cc2)cc1. The quantitative estimate of drug-likeness (QED) is 0.645. The topological polar surface area (TPSA) is 81.9 Å². The maximum Gasteiger partial charge on any atom is 0.234 e. The van der Waals surface area contributed by atoms with Crippen LogP contribution in [-0.4, -0.2) is 39.0 Å². The Morgan fingerprint density at radius 3 is 2.58 bits per heavy atom. The summed E-state index contributed by atoms with van der Waals surface area (Å²) in [7, 11) is 1.63. The molecule has 0 atom stereocenters. The molecule has 7 nitrogen and oxygen atoms in total. The third kappa shape index (κ3) is 4.82. The van der Waals surface area contributed by atoms with Gasteiger partial charge in [0.15, 0.2) is 0 Å². The number of hydrogen-bond donors (Lipinski definition) is 1. The average Bonchev–Trinajstić information content (AvgIpc) is 3.09. The highest BCUT2D eigenvalue weighted by molar-refractivity contribution is 7.99. The minimum Gasteiger partial charge on any atom is -0.497 e. The summed E-state index contributed by atoms with van der Waals surface area (Å²) in [5.41, 5.74) is 2.97. The van der Waals surface area contributed by atoms with Gasteiger partial charge < -0.3 is 10.1 Å². The monoisotopic (exact) mass is 369 g/mol. The third-order valence-electron chi connectivity index (χ3n) is 3.66. The van der Waals surface area contributed by atoms with Crippen molar-refractivity contribution in [3.8, 4) is 5.75 Å². The fraction of sp³-hybridized carbons (Fsp3) is 0.222. The number of nitrogens with zero attached hydrogens (tertiary/aromatic N) is 4. The van der Waals surface area contributed by atoms with E-state index < -0.39 is 0 Å². The number of nitrogens with one attached hydrogen (secondary N) is 1. The van der Waals surface area contributed by atoms with Gasteiger partial charge >= 0.3 is 0 Å². The molecule has 1 aromatic heterocycles. The normalized spacial score (nSPS) is 10.5. The molecule has 0 bridgehead atoms. The van der Waals surface area contributed by atoms with Crippen LogP contribution >= 0.6 is 11.8 Å². The summed E-state index contributed by atoms with van der Waals surface area (Å²) in [6.07, 6.45) is 0. The third-order valence-corrected chi connectivity index (χ3v) is 4.62. The van der Waals surface area contributed by atoms with Gasteiger partial charge in [-0.15, -0.1) is 5.10 Å². The van der Waals surface area contributed by atoms with Gasteiger partial charge in [0, 0.05) is 5.69 Å². The number of hydrogen-bond acceptors (Lipinski definition) is 6. The van der Waals surface area contributed by atoms with E-state index in [1.807, 2.05) is 55.5 Å². The first-order valence-corrected chi connectivity index (χ1v) is 9.01. The van der Waals surface area contributed by atoms with Crippen LogP contribution in [0.25, 0.3) is 0 Å². The molecule has 0 aliphatic heterocycles. The molecule has 0 spiro atoms. The molecular weight excluding hydrogens is 350 g/mol. The van der Waals surface area contributed by atoms with Crippen molar-refractivity contribution in [2.24, 2.45) is 0 Å². The van der Waals surface area contributed by atoms with E-state index in [1.165, 1.54) is 11.8 Å². The zero-order valence-corrected chi connectivity index (χ0v) is 15.4. The molecule has 0 aliphatic rings. The van der Waals surface area contributed by atoms with E-state index in [0.29, 0.717) is 11.7 Å². The second-order valence-corrected chi connectivity index (χ2v) is 6.61. The molecule has 0 radical (unpaired) electrons. The van der Waals surface area contributed by atoms with Crippen LogP contribution in [-0.2, 0) is 11.3 Å². The van der Waals surface area contributed by atoms with Gasteiger partial charge in [-0.25, -0.2) is 4.68 Å². The Morgan fingerprint density at radius 1 is 1.15 bits per heavy atom. The van der Waals surface area contributed by atoms with Gasteiger partial charge in [-0.1, -0.05) is 41.6 Å². The van der Waals surface area contributed by atoms with Crippen molar-refractivity contribution in [1.29, 1.82) is 0 Å². The van der Waals surface area contributed by atoms with Crippen molar-refractivity contribution >= 4 is 23.4 Å². The first-order chi connectivity index (χ1) is 12.6. The lowest BCUT2D eigenvalue weighted by Crippen LogP contribution is -2.14. The molecule has 8 heteroatoms. The number of thioether (sulfide) groups is 1. The van der Waals surface area contributed by atoms with E-state index >= 15 is 0 Å². The van der Waals surface area contributed by atoms with Crippen molar-refractivity contribution in [3.05, 3.63) is 59.7 Å². The van der Waals surface area contributed by atoms with Crippen LogP contribution in [0.3, 0.4) is 0 Å². The zero-order valence-electron chi connectivity index (χ0n) is 14.5. The molecule has 0 saturated heterocycles. The second-order valence-electron chi connectivity index (χ2n) is 5.67. The van der Waals surface area contributed by atoms with Crippen LogP contribution in [0.4, 0.5) is 5.69 Å². The minimum atomic E-state index is -0.0992. The van der Waals surface area contributed by atoms with Crippen molar-refractivity contribution < 1.29 is 9.53 Å². The van der Waals surface area contributed by atoms with E-state index in [2.05, 4.69) is 20.8 Å². The molecule has 1 N–H and O–H groups in total. The van der Waals surface area contributed by atoms with Crippen LogP contribution in [0.2, 0.25) is 0 Å². The highest BCUT2D eigenvalue weighted by Gasteiger charge is 2.11. The predicted molar refractivity (Wildman–Crippen MR) is 100 cm³/mol. The van der Waals surface area contributed by atoms with Crippen LogP contribution in [0.1, 0.15) is 11.1 Å². The summed E-state index contributed by atoms with van der Waals surface area (Å²) in [6.45, 7) is 2.53.